The van der Waals surface area contributed by atoms with E-state index < -0.39 is 6.03 Å². The third-order valence-electron chi connectivity index (χ3n) is 6.25. The van der Waals surface area contributed by atoms with Crippen LogP contribution in [0.25, 0.3) is 0 Å². The van der Waals surface area contributed by atoms with Crippen LogP contribution in [0.4, 0.5) is 21.4 Å². The summed E-state index contributed by atoms with van der Waals surface area (Å²) in [4.78, 5) is 42.0. The molecule has 2 aromatic heterocycles. The van der Waals surface area contributed by atoms with Gasteiger partial charge in [-0.3, -0.25) is 10.1 Å². The van der Waals surface area contributed by atoms with Crippen molar-refractivity contribution in [2.75, 3.05) is 49.5 Å². The van der Waals surface area contributed by atoms with Crippen molar-refractivity contribution in [1.82, 2.24) is 20.3 Å². The normalized spacial score (nSPS) is 16.8. The van der Waals surface area contributed by atoms with E-state index in [4.69, 9.17) is 14.2 Å². The van der Waals surface area contributed by atoms with Gasteiger partial charge in [0.05, 0.1) is 50.4 Å². The van der Waals surface area contributed by atoms with Crippen LogP contribution in [0, 0.1) is 0 Å². The summed E-state index contributed by atoms with van der Waals surface area (Å²) < 4.78 is 15.9. The summed E-state index contributed by atoms with van der Waals surface area (Å²) in [6.07, 6.45) is 2.47. The highest BCUT2D eigenvalue weighted by Gasteiger charge is 2.24. The van der Waals surface area contributed by atoms with Crippen molar-refractivity contribution in [3.05, 3.63) is 46.5 Å². The van der Waals surface area contributed by atoms with Gasteiger partial charge in [-0.2, -0.15) is 9.97 Å². The molecule has 200 valence electrons. The number of rotatable bonds is 7. The molecule has 13 heteroatoms. The number of carbonyl (C=O) groups excluding carboxylic acids is 2. The quantitative estimate of drug-likeness (QED) is 0.413. The molecular weight excluding hydrogens is 510 g/mol. The Morgan fingerprint density at radius 3 is 2.79 bits per heavy atom. The topological polar surface area (TPSA) is 140 Å². The predicted octanol–water partition coefficient (Wildman–Crippen LogP) is 3.07. The second-order valence-electron chi connectivity index (χ2n) is 8.83. The Balaban J connectivity index is 1.23. The van der Waals surface area contributed by atoms with E-state index in [0.717, 1.165) is 23.4 Å². The highest BCUT2D eigenvalue weighted by atomic mass is 32.1. The zero-order chi connectivity index (χ0) is 26.5. The molecule has 1 aromatic carbocycles. The Hall–Kier alpha value is -3.97. The number of para-hydroxylation sites is 1. The first-order chi connectivity index (χ1) is 18.5. The second-order valence-corrected chi connectivity index (χ2v) is 9.91. The Morgan fingerprint density at radius 2 is 2.00 bits per heavy atom. The summed E-state index contributed by atoms with van der Waals surface area (Å²) in [5.41, 5.74) is 1.74. The lowest BCUT2D eigenvalue weighted by Gasteiger charge is -2.27. The van der Waals surface area contributed by atoms with Gasteiger partial charge in [-0.1, -0.05) is 23.5 Å². The van der Waals surface area contributed by atoms with Crippen molar-refractivity contribution in [3.63, 3.8) is 0 Å². The van der Waals surface area contributed by atoms with Crippen LogP contribution in [0.5, 0.6) is 11.9 Å². The van der Waals surface area contributed by atoms with Gasteiger partial charge in [0.25, 0.3) is 5.91 Å². The number of aromatic nitrogens is 3. The number of carbonyl (C=O) groups is 2. The lowest BCUT2D eigenvalue weighted by Crippen LogP contribution is -2.40. The molecule has 1 saturated heterocycles. The molecule has 4 heterocycles. The first-order valence-corrected chi connectivity index (χ1v) is 13.1. The molecule has 1 unspecified atom stereocenters. The van der Waals surface area contributed by atoms with Crippen molar-refractivity contribution in [3.8, 4) is 11.9 Å². The maximum atomic E-state index is 12.9. The molecule has 5 rings (SSSR count). The largest absolute Gasteiger partial charge is 0.481 e. The highest BCUT2D eigenvalue weighted by molar-refractivity contribution is 7.15. The average molecular weight is 540 g/mol. The molecule has 0 saturated carbocycles. The summed E-state index contributed by atoms with van der Waals surface area (Å²) in [6, 6.07) is 8.39. The molecule has 0 spiro atoms. The predicted molar refractivity (Wildman–Crippen MR) is 142 cm³/mol. The SMILES string of the molecule is COc1cc(N2CCc3nc(NC(=O)Nc4ccccc4C(=O)NC4CCCOC4)sc3C2)nc(OC)n1. The molecule has 1 fully saturated rings. The molecule has 12 nitrogen and oxygen atoms in total. The van der Waals surface area contributed by atoms with Gasteiger partial charge in [-0.05, 0) is 25.0 Å². The number of fused-ring (bicyclic) bond motifs is 1. The summed E-state index contributed by atoms with van der Waals surface area (Å²) in [6.45, 7) is 2.48. The van der Waals surface area contributed by atoms with Crippen LogP contribution in [0.3, 0.4) is 0 Å². The van der Waals surface area contributed by atoms with Crippen molar-refractivity contribution >= 4 is 39.9 Å². The smallest absolute Gasteiger partial charge is 0.325 e. The molecule has 1 atom stereocenters. The zero-order valence-corrected chi connectivity index (χ0v) is 22.0. The van der Waals surface area contributed by atoms with E-state index in [9.17, 15) is 9.59 Å². The van der Waals surface area contributed by atoms with E-state index in [1.165, 1.54) is 18.4 Å². The summed E-state index contributed by atoms with van der Waals surface area (Å²) >= 11 is 1.40. The standard InChI is InChI=1S/C25H29N7O5S/c1-35-21-12-20(29-24(30-21)36-2)32-10-9-18-19(13-32)38-25(28-18)31-23(34)27-17-8-4-3-7-16(17)22(33)26-15-6-5-11-37-14-15/h3-4,7-8,12,15H,5-6,9-11,13-14H2,1-2H3,(H,26,33)(H2,27,28,31,34). The fourth-order valence-electron chi connectivity index (χ4n) is 4.35. The Kier molecular flexibility index (Phi) is 7.84. The number of nitrogens with zero attached hydrogens (tertiary/aromatic N) is 4. The van der Waals surface area contributed by atoms with Gasteiger partial charge in [-0.15, -0.1) is 0 Å². The number of thiazole rings is 1. The minimum atomic E-state index is -0.473. The molecule has 2 aliphatic heterocycles. The number of benzene rings is 1. The number of methoxy groups -OCH3 is 2. The molecule has 2 aliphatic rings. The van der Waals surface area contributed by atoms with Crippen LogP contribution in [-0.2, 0) is 17.7 Å². The second kappa shape index (κ2) is 11.6. The van der Waals surface area contributed by atoms with Gasteiger partial charge in [0.15, 0.2) is 5.13 Å². The van der Waals surface area contributed by atoms with Crippen molar-refractivity contribution < 1.29 is 23.8 Å². The Bertz CT molecular complexity index is 1290. The molecule has 3 aromatic rings. The lowest BCUT2D eigenvalue weighted by atomic mass is 10.1. The van der Waals surface area contributed by atoms with Gasteiger partial charge in [0, 0.05) is 30.5 Å². The maximum absolute atomic E-state index is 12.9. The van der Waals surface area contributed by atoms with Crippen molar-refractivity contribution in [2.45, 2.75) is 31.8 Å². The number of amides is 3. The average Bonchev–Trinajstić information content (AvgIpc) is 3.34. The number of hydrogen-bond acceptors (Lipinski definition) is 10. The number of hydrogen-bond donors (Lipinski definition) is 3. The first kappa shape index (κ1) is 25.7. The van der Waals surface area contributed by atoms with E-state index in [-0.39, 0.29) is 18.0 Å². The molecule has 0 aliphatic carbocycles. The van der Waals surface area contributed by atoms with Crippen LogP contribution in [0.1, 0.15) is 33.8 Å². The van der Waals surface area contributed by atoms with Crippen LogP contribution in [0.15, 0.2) is 30.3 Å². The van der Waals surface area contributed by atoms with E-state index >= 15 is 0 Å². The van der Waals surface area contributed by atoms with E-state index in [0.29, 0.717) is 60.8 Å². The van der Waals surface area contributed by atoms with Crippen molar-refractivity contribution in [1.29, 1.82) is 0 Å². The van der Waals surface area contributed by atoms with Crippen LogP contribution in [-0.4, -0.2) is 66.9 Å². The molecule has 0 bridgehead atoms. The molecular formula is C25H29N7O5S. The zero-order valence-electron chi connectivity index (χ0n) is 21.2. The fraction of sp³-hybridized carbons (Fsp3) is 0.400. The van der Waals surface area contributed by atoms with Gasteiger partial charge >= 0.3 is 12.0 Å². The van der Waals surface area contributed by atoms with Crippen LogP contribution < -0.4 is 30.3 Å². The van der Waals surface area contributed by atoms with Gasteiger partial charge < -0.3 is 29.7 Å². The fourth-order valence-corrected chi connectivity index (χ4v) is 5.37. The van der Waals surface area contributed by atoms with Crippen LogP contribution in [0.2, 0.25) is 0 Å². The molecule has 3 N–H and O–H groups in total. The number of nitrogens with one attached hydrogen (secondary N) is 3. The van der Waals surface area contributed by atoms with Gasteiger partial charge in [0.2, 0.25) is 5.88 Å². The number of anilines is 3. The van der Waals surface area contributed by atoms with E-state index in [2.05, 4.69) is 35.8 Å². The molecule has 0 radical (unpaired) electrons. The van der Waals surface area contributed by atoms with Gasteiger partial charge in [-0.25, -0.2) is 9.78 Å². The minimum absolute atomic E-state index is 0.0381. The maximum Gasteiger partial charge on any atom is 0.325 e. The summed E-state index contributed by atoms with van der Waals surface area (Å²) in [5.74, 6) is 0.857. The summed E-state index contributed by atoms with van der Waals surface area (Å²) in [5, 5.41) is 9.06. The number of ether oxygens (including phenoxy) is 3. The molecule has 38 heavy (non-hydrogen) atoms. The monoisotopic (exact) mass is 539 g/mol. The Labute approximate surface area is 223 Å². The lowest BCUT2D eigenvalue weighted by molar-refractivity contribution is 0.0624. The van der Waals surface area contributed by atoms with Crippen molar-refractivity contribution in [2.24, 2.45) is 0 Å². The Morgan fingerprint density at radius 1 is 1.13 bits per heavy atom. The van der Waals surface area contributed by atoms with E-state index in [1.807, 2.05) is 0 Å². The minimum Gasteiger partial charge on any atom is -0.481 e. The van der Waals surface area contributed by atoms with Crippen LogP contribution >= 0.6 is 11.3 Å². The highest BCUT2D eigenvalue weighted by Crippen LogP contribution is 2.32. The third kappa shape index (κ3) is 5.94. The molecule has 3 amide bonds. The van der Waals surface area contributed by atoms with Gasteiger partial charge in [0.1, 0.15) is 5.82 Å². The first-order valence-electron chi connectivity index (χ1n) is 12.3. The summed E-state index contributed by atoms with van der Waals surface area (Å²) in [7, 11) is 3.05. The van der Waals surface area contributed by atoms with E-state index in [1.54, 1.807) is 37.4 Å². The number of urea groups is 1. The third-order valence-corrected chi connectivity index (χ3v) is 7.25.